The molecule has 0 spiro atoms. The van der Waals surface area contributed by atoms with Crippen LogP contribution in [0.5, 0.6) is 17.2 Å². The van der Waals surface area contributed by atoms with E-state index in [1.54, 1.807) is 25.3 Å². The molecule has 146 valence electrons. The van der Waals surface area contributed by atoms with Gasteiger partial charge < -0.3 is 25.3 Å². The van der Waals surface area contributed by atoms with Gasteiger partial charge in [0, 0.05) is 11.3 Å². The number of aromatic nitrogens is 1. The van der Waals surface area contributed by atoms with Gasteiger partial charge in [-0.05, 0) is 49.4 Å². The number of ether oxygens (including phenoxy) is 3. The van der Waals surface area contributed by atoms with Gasteiger partial charge in [-0.2, -0.15) is 0 Å². The largest absolute Gasteiger partial charge is 0.494 e. The lowest BCUT2D eigenvalue weighted by Crippen LogP contribution is -2.03. The Morgan fingerprint density at radius 2 is 1.82 bits per heavy atom. The number of benzene rings is 2. The van der Waals surface area contributed by atoms with Crippen molar-refractivity contribution in [2.45, 2.75) is 6.92 Å². The van der Waals surface area contributed by atoms with Crippen LogP contribution < -0.4 is 25.3 Å². The number of nitrogens with one attached hydrogen (secondary N) is 1. The molecule has 0 aliphatic carbocycles. The zero-order valence-corrected chi connectivity index (χ0v) is 16.6. The number of anilines is 3. The lowest BCUT2D eigenvalue weighted by atomic mass is 10.1. The van der Waals surface area contributed by atoms with Crippen LogP contribution in [0, 0.1) is 0 Å². The molecule has 7 nitrogen and oxygen atoms in total. The van der Waals surface area contributed by atoms with Gasteiger partial charge in [0.1, 0.15) is 16.4 Å². The van der Waals surface area contributed by atoms with Crippen molar-refractivity contribution < 1.29 is 19.0 Å². The molecular weight excluding hydrogens is 378 g/mol. The van der Waals surface area contributed by atoms with Crippen molar-refractivity contribution in [2.24, 2.45) is 0 Å². The second-order valence-electron chi connectivity index (χ2n) is 5.71. The monoisotopic (exact) mass is 399 g/mol. The summed E-state index contributed by atoms with van der Waals surface area (Å²) < 4.78 is 15.9. The number of nitrogens with zero attached hydrogens (tertiary/aromatic N) is 1. The SMILES string of the molecule is CCOc1ccc(Nc2nc(N)c(C(=O)c3ccc(OC)c(OC)c3)s2)cc1. The summed E-state index contributed by atoms with van der Waals surface area (Å²) >= 11 is 1.20. The number of nitrogens with two attached hydrogens (primary N) is 1. The predicted octanol–water partition coefficient (Wildman–Crippen LogP) is 4.12. The molecule has 0 fully saturated rings. The maximum Gasteiger partial charge on any atom is 0.206 e. The lowest BCUT2D eigenvalue weighted by Gasteiger charge is -2.08. The van der Waals surface area contributed by atoms with Crippen LogP contribution in [0.4, 0.5) is 16.6 Å². The van der Waals surface area contributed by atoms with Gasteiger partial charge in [-0.1, -0.05) is 11.3 Å². The molecular formula is C20H21N3O4S. The molecule has 0 saturated heterocycles. The fraction of sp³-hybridized carbons (Fsp3) is 0.200. The van der Waals surface area contributed by atoms with E-state index < -0.39 is 0 Å². The maximum atomic E-state index is 12.9. The van der Waals surface area contributed by atoms with Gasteiger partial charge in [0.25, 0.3) is 0 Å². The van der Waals surface area contributed by atoms with E-state index >= 15 is 0 Å². The Labute approximate surface area is 167 Å². The van der Waals surface area contributed by atoms with Gasteiger partial charge in [-0.25, -0.2) is 4.98 Å². The molecule has 0 aliphatic heterocycles. The average molecular weight is 399 g/mol. The maximum absolute atomic E-state index is 12.9. The van der Waals surface area contributed by atoms with Crippen molar-refractivity contribution in [2.75, 3.05) is 31.9 Å². The highest BCUT2D eigenvalue weighted by Crippen LogP contribution is 2.33. The predicted molar refractivity (Wildman–Crippen MR) is 110 cm³/mol. The topological polar surface area (TPSA) is 95.7 Å². The summed E-state index contributed by atoms with van der Waals surface area (Å²) in [5.41, 5.74) is 7.25. The van der Waals surface area contributed by atoms with Crippen LogP contribution in [0.15, 0.2) is 42.5 Å². The second-order valence-corrected chi connectivity index (χ2v) is 6.71. The summed E-state index contributed by atoms with van der Waals surface area (Å²) in [4.78, 5) is 17.5. The van der Waals surface area contributed by atoms with E-state index in [2.05, 4.69) is 10.3 Å². The molecule has 0 saturated carbocycles. The molecule has 0 aliphatic rings. The van der Waals surface area contributed by atoms with Crippen LogP contribution in [0.25, 0.3) is 0 Å². The van der Waals surface area contributed by atoms with Crippen LogP contribution in [0.1, 0.15) is 22.2 Å². The first-order valence-electron chi connectivity index (χ1n) is 8.58. The molecule has 0 bridgehead atoms. The molecule has 0 amide bonds. The van der Waals surface area contributed by atoms with Crippen LogP contribution in [0.2, 0.25) is 0 Å². The fourth-order valence-corrected chi connectivity index (χ4v) is 3.45. The van der Waals surface area contributed by atoms with E-state index in [0.717, 1.165) is 11.4 Å². The minimum absolute atomic E-state index is 0.179. The summed E-state index contributed by atoms with van der Waals surface area (Å²) in [6, 6.07) is 12.4. The summed E-state index contributed by atoms with van der Waals surface area (Å²) in [6.07, 6.45) is 0. The van der Waals surface area contributed by atoms with Gasteiger partial charge in [0.05, 0.1) is 20.8 Å². The number of carbonyl (C=O) groups is 1. The average Bonchev–Trinajstić information content (AvgIpc) is 3.08. The number of rotatable bonds is 8. The summed E-state index contributed by atoms with van der Waals surface area (Å²) in [5, 5.41) is 3.69. The Balaban J connectivity index is 1.80. The van der Waals surface area contributed by atoms with Gasteiger partial charge in [0.15, 0.2) is 16.6 Å². The lowest BCUT2D eigenvalue weighted by molar-refractivity contribution is 0.104. The van der Waals surface area contributed by atoms with Gasteiger partial charge >= 0.3 is 0 Å². The summed E-state index contributed by atoms with van der Waals surface area (Å²) in [7, 11) is 3.06. The van der Waals surface area contributed by atoms with Crippen molar-refractivity contribution in [1.82, 2.24) is 4.98 Å². The molecule has 1 heterocycles. The van der Waals surface area contributed by atoms with Crippen LogP contribution in [-0.4, -0.2) is 31.6 Å². The molecule has 2 aromatic carbocycles. The number of ketones is 1. The molecule has 0 radical (unpaired) electrons. The Bertz CT molecular complexity index is 970. The highest BCUT2D eigenvalue weighted by molar-refractivity contribution is 7.18. The number of carbonyl (C=O) groups excluding carboxylic acids is 1. The molecule has 0 unspecified atom stereocenters. The zero-order valence-electron chi connectivity index (χ0n) is 15.8. The van der Waals surface area contributed by atoms with Crippen molar-refractivity contribution in [1.29, 1.82) is 0 Å². The Hall–Kier alpha value is -3.26. The molecule has 3 aromatic rings. The van der Waals surface area contributed by atoms with Crippen molar-refractivity contribution in [3.63, 3.8) is 0 Å². The normalized spacial score (nSPS) is 10.4. The minimum Gasteiger partial charge on any atom is -0.494 e. The van der Waals surface area contributed by atoms with Crippen LogP contribution in [-0.2, 0) is 0 Å². The van der Waals surface area contributed by atoms with E-state index in [0.29, 0.717) is 33.7 Å². The van der Waals surface area contributed by atoms with E-state index in [1.165, 1.54) is 18.4 Å². The van der Waals surface area contributed by atoms with Crippen molar-refractivity contribution in [3.8, 4) is 17.2 Å². The van der Waals surface area contributed by atoms with Crippen molar-refractivity contribution in [3.05, 3.63) is 52.9 Å². The first-order valence-corrected chi connectivity index (χ1v) is 9.40. The van der Waals surface area contributed by atoms with E-state index in [4.69, 9.17) is 19.9 Å². The number of methoxy groups -OCH3 is 2. The second kappa shape index (κ2) is 8.62. The van der Waals surface area contributed by atoms with Crippen LogP contribution >= 0.6 is 11.3 Å². The molecule has 1 aromatic heterocycles. The Kier molecular flexibility index (Phi) is 6.00. The first kappa shape index (κ1) is 19.5. The van der Waals surface area contributed by atoms with E-state index in [9.17, 15) is 4.79 Å². The molecule has 28 heavy (non-hydrogen) atoms. The fourth-order valence-electron chi connectivity index (χ4n) is 2.58. The molecule has 0 atom stereocenters. The summed E-state index contributed by atoms with van der Waals surface area (Å²) in [6.45, 7) is 2.54. The van der Waals surface area contributed by atoms with E-state index in [1.807, 2.05) is 31.2 Å². The smallest absolute Gasteiger partial charge is 0.206 e. The molecule has 8 heteroatoms. The third kappa shape index (κ3) is 4.17. The number of hydrogen-bond acceptors (Lipinski definition) is 8. The Morgan fingerprint density at radius 1 is 1.11 bits per heavy atom. The number of thiazole rings is 1. The van der Waals surface area contributed by atoms with E-state index in [-0.39, 0.29) is 11.6 Å². The molecule has 3 rings (SSSR count). The van der Waals surface area contributed by atoms with Gasteiger partial charge in [-0.15, -0.1) is 0 Å². The number of hydrogen-bond donors (Lipinski definition) is 2. The highest BCUT2D eigenvalue weighted by Gasteiger charge is 2.19. The first-order chi connectivity index (χ1) is 13.5. The Morgan fingerprint density at radius 3 is 2.46 bits per heavy atom. The zero-order chi connectivity index (χ0) is 20.1. The minimum atomic E-state index is -0.226. The third-order valence-corrected chi connectivity index (χ3v) is 4.91. The van der Waals surface area contributed by atoms with Gasteiger partial charge in [-0.3, -0.25) is 4.79 Å². The highest BCUT2D eigenvalue weighted by atomic mass is 32.1. The van der Waals surface area contributed by atoms with Crippen molar-refractivity contribution >= 4 is 33.8 Å². The molecule has 3 N–H and O–H groups in total. The third-order valence-electron chi connectivity index (χ3n) is 3.92. The summed E-state index contributed by atoms with van der Waals surface area (Å²) in [5.74, 6) is 1.77. The standard InChI is InChI=1S/C20H21N3O4S/c1-4-27-14-8-6-13(7-9-14)22-20-23-19(21)18(28-20)17(24)12-5-10-15(25-2)16(11-12)26-3/h5-11H,4,21H2,1-3H3,(H,22,23). The quantitative estimate of drug-likeness (QED) is 0.550. The van der Waals surface area contributed by atoms with Gasteiger partial charge in [0.2, 0.25) is 5.78 Å². The number of nitrogen functional groups attached to an aromatic ring is 1. The van der Waals surface area contributed by atoms with Crippen LogP contribution in [0.3, 0.4) is 0 Å².